The number of nitrogens with one attached hydrogen (secondary N) is 2. The second-order valence-electron chi connectivity index (χ2n) is 4.55. The molecule has 0 aliphatic heterocycles. The highest BCUT2D eigenvalue weighted by Gasteiger charge is 2.10. The van der Waals surface area contributed by atoms with Crippen molar-refractivity contribution in [1.29, 1.82) is 0 Å². The molecule has 2 N–H and O–H groups in total. The number of hydrogen-bond donors (Lipinski definition) is 2. The van der Waals surface area contributed by atoms with Gasteiger partial charge in [-0.2, -0.15) is 10.1 Å². The molecule has 0 radical (unpaired) electrons. The summed E-state index contributed by atoms with van der Waals surface area (Å²) in [6.45, 7) is 7.58. The van der Waals surface area contributed by atoms with E-state index in [4.69, 9.17) is 0 Å². The summed E-state index contributed by atoms with van der Waals surface area (Å²) in [5.41, 5.74) is 3.39. The molecule has 0 amide bonds. The molecular weight excluding hydrogens is 320 g/mol. The topological polar surface area (TPSA) is 67.7 Å². The zero-order valence-corrected chi connectivity index (χ0v) is 13.7. The Kier molecular flexibility index (Phi) is 4.59. The first-order valence-corrected chi connectivity index (χ1v) is 7.31. The molecule has 0 aliphatic carbocycles. The molecule has 0 aromatic carbocycles. The van der Waals surface area contributed by atoms with Gasteiger partial charge in [-0.15, -0.1) is 0 Å². The molecule has 0 spiro atoms. The third kappa shape index (κ3) is 3.09. The minimum Gasteiger partial charge on any atom is -0.365 e. The van der Waals surface area contributed by atoms with Crippen LogP contribution in [-0.4, -0.2) is 26.3 Å². The first-order valence-electron chi connectivity index (χ1n) is 6.52. The van der Waals surface area contributed by atoms with Crippen molar-refractivity contribution in [2.45, 2.75) is 27.3 Å². The van der Waals surface area contributed by atoms with E-state index in [0.29, 0.717) is 12.5 Å². The first-order chi connectivity index (χ1) is 9.52. The van der Waals surface area contributed by atoms with Gasteiger partial charge < -0.3 is 10.6 Å². The average molecular weight is 339 g/mol. The molecule has 2 aromatic rings. The molecule has 20 heavy (non-hydrogen) atoms. The third-order valence-corrected chi connectivity index (χ3v) is 3.75. The van der Waals surface area contributed by atoms with Gasteiger partial charge in [-0.05, 0) is 36.7 Å². The molecule has 6 nitrogen and oxygen atoms in total. The molecule has 2 rings (SSSR count). The SMILES string of the molecule is CCNc1ncc(Br)c(NCc2c(C)nn(C)c2C)n1. The van der Waals surface area contributed by atoms with E-state index in [0.717, 1.165) is 28.2 Å². The standard InChI is InChI=1S/C13H19BrN6/c1-5-15-13-17-7-11(14)12(18-13)16-6-10-8(2)19-20(4)9(10)3/h7H,5-6H2,1-4H3,(H2,15,16,17,18). The number of nitrogens with zero attached hydrogens (tertiary/aromatic N) is 4. The van der Waals surface area contributed by atoms with Crippen LogP contribution in [0.5, 0.6) is 0 Å². The van der Waals surface area contributed by atoms with Crippen LogP contribution < -0.4 is 10.6 Å². The van der Waals surface area contributed by atoms with Gasteiger partial charge in [0.1, 0.15) is 5.82 Å². The fourth-order valence-corrected chi connectivity index (χ4v) is 2.31. The Morgan fingerprint density at radius 3 is 2.65 bits per heavy atom. The predicted octanol–water partition coefficient (Wildman–Crippen LogP) is 2.63. The zero-order valence-electron chi connectivity index (χ0n) is 12.2. The maximum Gasteiger partial charge on any atom is 0.224 e. The first kappa shape index (κ1) is 14.8. The summed E-state index contributed by atoms with van der Waals surface area (Å²) in [7, 11) is 1.95. The van der Waals surface area contributed by atoms with E-state index in [-0.39, 0.29) is 0 Å². The van der Waals surface area contributed by atoms with Gasteiger partial charge in [0.15, 0.2) is 0 Å². The zero-order chi connectivity index (χ0) is 14.7. The molecular formula is C13H19BrN6. The van der Waals surface area contributed by atoms with E-state index < -0.39 is 0 Å². The highest BCUT2D eigenvalue weighted by molar-refractivity contribution is 9.10. The van der Waals surface area contributed by atoms with Crippen molar-refractivity contribution in [2.75, 3.05) is 17.2 Å². The van der Waals surface area contributed by atoms with E-state index in [9.17, 15) is 0 Å². The lowest BCUT2D eigenvalue weighted by molar-refractivity contribution is 0.730. The molecule has 2 aromatic heterocycles. The number of rotatable bonds is 5. The summed E-state index contributed by atoms with van der Waals surface area (Å²) in [4.78, 5) is 8.63. The van der Waals surface area contributed by atoms with Crippen molar-refractivity contribution in [3.05, 3.63) is 27.6 Å². The van der Waals surface area contributed by atoms with Gasteiger partial charge in [-0.3, -0.25) is 4.68 Å². The predicted molar refractivity (Wildman–Crippen MR) is 83.9 cm³/mol. The van der Waals surface area contributed by atoms with E-state index in [1.54, 1.807) is 6.20 Å². The largest absolute Gasteiger partial charge is 0.365 e. The Labute approximate surface area is 127 Å². The fourth-order valence-electron chi connectivity index (χ4n) is 1.98. The Hall–Kier alpha value is -1.63. The van der Waals surface area contributed by atoms with Crippen LogP contribution in [0.1, 0.15) is 23.9 Å². The number of aromatic nitrogens is 4. The summed E-state index contributed by atoms with van der Waals surface area (Å²) in [5.74, 6) is 1.40. The summed E-state index contributed by atoms with van der Waals surface area (Å²) in [6, 6.07) is 0. The van der Waals surface area contributed by atoms with E-state index in [1.807, 2.05) is 25.6 Å². The summed E-state index contributed by atoms with van der Waals surface area (Å²) in [5, 5.41) is 10.8. The summed E-state index contributed by atoms with van der Waals surface area (Å²) >= 11 is 3.46. The molecule has 0 unspecified atom stereocenters. The molecule has 0 atom stereocenters. The van der Waals surface area contributed by atoms with Gasteiger partial charge in [0.05, 0.1) is 10.2 Å². The smallest absolute Gasteiger partial charge is 0.224 e. The van der Waals surface area contributed by atoms with Gasteiger partial charge in [0, 0.05) is 37.6 Å². The van der Waals surface area contributed by atoms with Gasteiger partial charge in [-0.25, -0.2) is 4.98 Å². The van der Waals surface area contributed by atoms with Crippen LogP contribution >= 0.6 is 15.9 Å². The van der Waals surface area contributed by atoms with Crippen LogP contribution in [-0.2, 0) is 13.6 Å². The maximum atomic E-state index is 4.44. The lowest BCUT2D eigenvalue weighted by Gasteiger charge is -2.10. The van der Waals surface area contributed by atoms with Crippen LogP contribution in [0.15, 0.2) is 10.7 Å². The van der Waals surface area contributed by atoms with Crippen molar-refractivity contribution in [1.82, 2.24) is 19.7 Å². The fraction of sp³-hybridized carbons (Fsp3) is 0.462. The Balaban J connectivity index is 2.16. The lowest BCUT2D eigenvalue weighted by Crippen LogP contribution is -2.08. The maximum absolute atomic E-state index is 4.44. The Morgan fingerprint density at radius 1 is 1.30 bits per heavy atom. The molecule has 7 heteroatoms. The molecule has 0 bridgehead atoms. The molecule has 0 fully saturated rings. The van der Waals surface area contributed by atoms with Crippen molar-refractivity contribution < 1.29 is 0 Å². The van der Waals surface area contributed by atoms with Crippen molar-refractivity contribution in [2.24, 2.45) is 7.05 Å². The second-order valence-corrected chi connectivity index (χ2v) is 5.40. The Morgan fingerprint density at radius 2 is 2.05 bits per heavy atom. The van der Waals surface area contributed by atoms with Gasteiger partial charge >= 0.3 is 0 Å². The van der Waals surface area contributed by atoms with Crippen molar-refractivity contribution >= 4 is 27.7 Å². The van der Waals surface area contributed by atoms with Gasteiger partial charge in [-0.1, -0.05) is 0 Å². The highest BCUT2D eigenvalue weighted by Crippen LogP contribution is 2.22. The minimum absolute atomic E-state index is 0.623. The number of hydrogen-bond acceptors (Lipinski definition) is 5. The minimum atomic E-state index is 0.623. The van der Waals surface area contributed by atoms with Gasteiger partial charge in [0.2, 0.25) is 5.95 Å². The quantitative estimate of drug-likeness (QED) is 0.877. The second kappa shape index (κ2) is 6.21. The van der Waals surface area contributed by atoms with Crippen LogP contribution in [0.3, 0.4) is 0 Å². The van der Waals surface area contributed by atoms with Gasteiger partial charge in [0.25, 0.3) is 0 Å². The van der Waals surface area contributed by atoms with Crippen molar-refractivity contribution in [3.8, 4) is 0 Å². The average Bonchev–Trinajstić information content (AvgIpc) is 2.65. The van der Waals surface area contributed by atoms with Crippen LogP contribution in [0.2, 0.25) is 0 Å². The molecule has 108 valence electrons. The molecule has 0 aliphatic rings. The monoisotopic (exact) mass is 338 g/mol. The molecule has 0 saturated carbocycles. The van der Waals surface area contributed by atoms with E-state index >= 15 is 0 Å². The van der Waals surface area contributed by atoms with Crippen LogP contribution in [0.25, 0.3) is 0 Å². The summed E-state index contributed by atoms with van der Waals surface area (Å²) in [6.07, 6.45) is 1.75. The van der Waals surface area contributed by atoms with Crippen LogP contribution in [0, 0.1) is 13.8 Å². The summed E-state index contributed by atoms with van der Waals surface area (Å²) < 4.78 is 2.74. The Bertz CT molecular complexity index is 607. The number of halogens is 1. The van der Waals surface area contributed by atoms with Crippen LogP contribution in [0.4, 0.5) is 11.8 Å². The van der Waals surface area contributed by atoms with E-state index in [1.165, 1.54) is 5.56 Å². The number of aryl methyl sites for hydroxylation is 2. The van der Waals surface area contributed by atoms with E-state index in [2.05, 4.69) is 48.6 Å². The molecule has 2 heterocycles. The lowest BCUT2D eigenvalue weighted by atomic mass is 10.2. The highest BCUT2D eigenvalue weighted by atomic mass is 79.9. The normalized spacial score (nSPS) is 10.7. The number of anilines is 2. The van der Waals surface area contributed by atoms with Crippen molar-refractivity contribution in [3.63, 3.8) is 0 Å². The third-order valence-electron chi connectivity index (χ3n) is 3.17. The molecule has 0 saturated heterocycles.